The van der Waals surface area contributed by atoms with Crippen LogP contribution in [-0.4, -0.2) is 20.7 Å². The van der Waals surface area contributed by atoms with Crippen LogP contribution in [0.4, 0.5) is 10.1 Å². The number of rotatable bonds is 3. The molecule has 2 aromatic heterocycles. The zero-order valence-electron chi connectivity index (χ0n) is 12.7. The number of anilines is 1. The quantitative estimate of drug-likeness (QED) is 0.802. The molecule has 0 radical (unpaired) electrons. The third-order valence-electron chi connectivity index (χ3n) is 3.32. The molecule has 1 aromatic carbocycles. The number of para-hydroxylation sites is 1. The standard InChI is InChI=1S/C17H13FN4O2/c1-11-9-15(23)16(17(24)20-12-5-4-8-19-10-12)21-22(11)14-7-3-2-6-13(14)18/h2-10H,1H3,(H,20,24). The van der Waals surface area contributed by atoms with Crippen molar-refractivity contribution >= 4 is 11.6 Å². The highest BCUT2D eigenvalue weighted by molar-refractivity contribution is 6.02. The highest BCUT2D eigenvalue weighted by Crippen LogP contribution is 2.13. The molecular formula is C17H13FN4O2. The molecule has 0 aliphatic carbocycles. The van der Waals surface area contributed by atoms with E-state index in [0.29, 0.717) is 11.4 Å². The number of pyridine rings is 1. The first-order valence-corrected chi connectivity index (χ1v) is 7.13. The molecular weight excluding hydrogens is 311 g/mol. The van der Waals surface area contributed by atoms with Crippen molar-refractivity contribution in [1.29, 1.82) is 0 Å². The Labute approximate surface area is 136 Å². The van der Waals surface area contributed by atoms with Crippen LogP contribution in [0.15, 0.2) is 59.7 Å². The Morgan fingerprint density at radius 1 is 1.21 bits per heavy atom. The Kier molecular flexibility index (Phi) is 4.15. The Morgan fingerprint density at radius 2 is 2.00 bits per heavy atom. The van der Waals surface area contributed by atoms with Crippen molar-refractivity contribution in [2.45, 2.75) is 6.92 Å². The highest BCUT2D eigenvalue weighted by atomic mass is 19.1. The monoisotopic (exact) mass is 324 g/mol. The van der Waals surface area contributed by atoms with Gasteiger partial charge in [-0.1, -0.05) is 12.1 Å². The summed E-state index contributed by atoms with van der Waals surface area (Å²) in [6, 6.07) is 10.5. The number of halogens is 1. The van der Waals surface area contributed by atoms with Crippen LogP contribution in [0.5, 0.6) is 0 Å². The molecule has 0 atom stereocenters. The van der Waals surface area contributed by atoms with Gasteiger partial charge in [-0.15, -0.1) is 0 Å². The highest BCUT2D eigenvalue weighted by Gasteiger charge is 2.16. The maximum Gasteiger partial charge on any atom is 0.280 e. The van der Waals surface area contributed by atoms with Gasteiger partial charge in [-0.05, 0) is 31.2 Å². The number of nitrogens with zero attached hydrogens (tertiary/aromatic N) is 3. The molecule has 1 N–H and O–H groups in total. The van der Waals surface area contributed by atoms with Crippen LogP contribution in [0.25, 0.3) is 5.69 Å². The summed E-state index contributed by atoms with van der Waals surface area (Å²) < 4.78 is 15.2. The van der Waals surface area contributed by atoms with Crippen LogP contribution in [-0.2, 0) is 0 Å². The Balaban J connectivity index is 2.03. The molecule has 7 heteroatoms. The van der Waals surface area contributed by atoms with Gasteiger partial charge in [0.25, 0.3) is 5.91 Å². The van der Waals surface area contributed by atoms with Crippen molar-refractivity contribution in [2.75, 3.05) is 5.32 Å². The zero-order chi connectivity index (χ0) is 17.1. The number of carbonyl (C=O) groups excluding carboxylic acids is 1. The van der Waals surface area contributed by atoms with Gasteiger partial charge in [0.2, 0.25) is 5.43 Å². The predicted molar refractivity (Wildman–Crippen MR) is 86.7 cm³/mol. The normalized spacial score (nSPS) is 10.4. The second kappa shape index (κ2) is 6.41. The maximum absolute atomic E-state index is 14.0. The molecule has 1 amide bonds. The van der Waals surface area contributed by atoms with Crippen LogP contribution in [0.3, 0.4) is 0 Å². The third-order valence-corrected chi connectivity index (χ3v) is 3.32. The van der Waals surface area contributed by atoms with E-state index in [1.165, 1.54) is 29.1 Å². The number of aromatic nitrogens is 3. The van der Waals surface area contributed by atoms with Crippen LogP contribution in [0, 0.1) is 12.7 Å². The molecule has 3 rings (SSSR count). The van der Waals surface area contributed by atoms with E-state index in [9.17, 15) is 14.0 Å². The van der Waals surface area contributed by atoms with E-state index in [2.05, 4.69) is 15.4 Å². The summed E-state index contributed by atoms with van der Waals surface area (Å²) in [4.78, 5) is 28.3. The van der Waals surface area contributed by atoms with E-state index < -0.39 is 17.2 Å². The lowest BCUT2D eigenvalue weighted by atomic mass is 10.2. The van der Waals surface area contributed by atoms with Crippen LogP contribution in [0.2, 0.25) is 0 Å². The van der Waals surface area contributed by atoms with Gasteiger partial charge in [-0.3, -0.25) is 14.6 Å². The average molecular weight is 324 g/mol. The number of hydrogen-bond donors (Lipinski definition) is 1. The Hall–Kier alpha value is -3.35. The second-order valence-electron chi connectivity index (χ2n) is 5.06. The summed E-state index contributed by atoms with van der Waals surface area (Å²) in [6.45, 7) is 1.61. The van der Waals surface area contributed by atoms with Crippen molar-refractivity contribution in [3.05, 3.63) is 82.3 Å². The van der Waals surface area contributed by atoms with Crippen molar-refractivity contribution < 1.29 is 9.18 Å². The van der Waals surface area contributed by atoms with Gasteiger partial charge in [-0.2, -0.15) is 5.10 Å². The van der Waals surface area contributed by atoms with Crippen LogP contribution < -0.4 is 10.7 Å². The summed E-state index contributed by atoms with van der Waals surface area (Å²) in [6.07, 6.45) is 3.01. The van der Waals surface area contributed by atoms with Gasteiger partial charge < -0.3 is 5.32 Å². The number of benzene rings is 1. The van der Waals surface area contributed by atoms with E-state index >= 15 is 0 Å². The molecule has 0 aliphatic heterocycles. The van der Waals surface area contributed by atoms with Gasteiger partial charge in [0.15, 0.2) is 5.69 Å². The van der Waals surface area contributed by atoms with Crippen LogP contribution >= 0.6 is 0 Å². The van der Waals surface area contributed by atoms with Gasteiger partial charge in [0.05, 0.1) is 11.9 Å². The maximum atomic E-state index is 14.0. The molecule has 24 heavy (non-hydrogen) atoms. The molecule has 0 spiro atoms. The molecule has 0 saturated carbocycles. The Morgan fingerprint density at radius 3 is 2.71 bits per heavy atom. The van der Waals surface area contributed by atoms with E-state index in [1.54, 1.807) is 37.4 Å². The Bertz CT molecular complexity index is 954. The van der Waals surface area contributed by atoms with Crippen LogP contribution in [0.1, 0.15) is 16.2 Å². The number of carbonyl (C=O) groups is 1. The molecule has 6 nitrogen and oxygen atoms in total. The summed E-state index contributed by atoms with van der Waals surface area (Å²) >= 11 is 0. The van der Waals surface area contributed by atoms with Gasteiger partial charge in [0.1, 0.15) is 11.5 Å². The first kappa shape index (κ1) is 15.5. The fourth-order valence-corrected chi connectivity index (χ4v) is 2.20. The van der Waals surface area contributed by atoms with Gasteiger partial charge in [0, 0.05) is 18.0 Å². The predicted octanol–water partition coefficient (Wildman–Crippen LogP) is 2.33. The number of amides is 1. The first-order valence-electron chi connectivity index (χ1n) is 7.13. The van der Waals surface area contributed by atoms with E-state index in [1.807, 2.05) is 0 Å². The molecule has 3 aromatic rings. The van der Waals surface area contributed by atoms with Crippen molar-refractivity contribution in [3.8, 4) is 5.69 Å². The summed E-state index contributed by atoms with van der Waals surface area (Å²) in [5.41, 5.74) is 0.143. The van der Waals surface area contributed by atoms with Gasteiger partial charge >= 0.3 is 0 Å². The lowest BCUT2D eigenvalue weighted by Gasteiger charge is -2.12. The lowest BCUT2D eigenvalue weighted by Crippen LogP contribution is -2.27. The molecule has 0 unspecified atom stereocenters. The molecule has 0 aliphatic rings. The average Bonchev–Trinajstić information content (AvgIpc) is 2.57. The van der Waals surface area contributed by atoms with E-state index in [-0.39, 0.29) is 11.4 Å². The topological polar surface area (TPSA) is 76.9 Å². The number of aryl methyl sites for hydroxylation is 1. The number of hydrogen-bond acceptors (Lipinski definition) is 4. The lowest BCUT2D eigenvalue weighted by molar-refractivity contribution is 0.101. The fraction of sp³-hybridized carbons (Fsp3) is 0.0588. The minimum atomic E-state index is -0.682. The molecule has 0 fully saturated rings. The summed E-state index contributed by atoms with van der Waals surface area (Å²) in [5, 5.41) is 6.57. The van der Waals surface area contributed by atoms with E-state index in [0.717, 1.165) is 0 Å². The number of nitrogens with one attached hydrogen (secondary N) is 1. The summed E-state index contributed by atoms with van der Waals surface area (Å²) in [5.74, 6) is -1.19. The molecule has 0 bridgehead atoms. The SMILES string of the molecule is Cc1cc(=O)c(C(=O)Nc2cccnc2)nn1-c1ccccc1F. The van der Waals surface area contributed by atoms with E-state index in [4.69, 9.17) is 0 Å². The van der Waals surface area contributed by atoms with Gasteiger partial charge in [-0.25, -0.2) is 9.07 Å². The minimum absolute atomic E-state index is 0.158. The minimum Gasteiger partial charge on any atom is -0.319 e. The second-order valence-corrected chi connectivity index (χ2v) is 5.06. The largest absolute Gasteiger partial charge is 0.319 e. The first-order chi connectivity index (χ1) is 11.6. The summed E-state index contributed by atoms with van der Waals surface area (Å²) in [7, 11) is 0. The molecule has 2 heterocycles. The van der Waals surface area contributed by atoms with Crippen molar-refractivity contribution in [1.82, 2.24) is 14.8 Å². The fourth-order valence-electron chi connectivity index (χ4n) is 2.20. The van der Waals surface area contributed by atoms with Crippen molar-refractivity contribution in [2.24, 2.45) is 0 Å². The molecule has 120 valence electrons. The zero-order valence-corrected chi connectivity index (χ0v) is 12.7. The third kappa shape index (κ3) is 3.05. The molecule has 0 saturated heterocycles. The smallest absolute Gasteiger partial charge is 0.280 e. The van der Waals surface area contributed by atoms with Crippen molar-refractivity contribution in [3.63, 3.8) is 0 Å².